The van der Waals surface area contributed by atoms with Crippen molar-refractivity contribution in [3.8, 4) is 0 Å². The summed E-state index contributed by atoms with van der Waals surface area (Å²) in [6.07, 6.45) is 2.68. The van der Waals surface area contributed by atoms with E-state index in [1.165, 1.54) is 11.1 Å². The molecular formula is C21H26N2O2. The minimum atomic E-state index is -0.0825. The molecule has 1 aliphatic rings. The van der Waals surface area contributed by atoms with Crippen molar-refractivity contribution in [2.75, 3.05) is 19.8 Å². The van der Waals surface area contributed by atoms with Crippen molar-refractivity contribution in [1.29, 1.82) is 0 Å². The Morgan fingerprint density at radius 1 is 1.00 bits per heavy atom. The molecule has 1 heterocycles. The van der Waals surface area contributed by atoms with Crippen molar-refractivity contribution < 1.29 is 9.53 Å². The zero-order valence-corrected chi connectivity index (χ0v) is 14.5. The largest absolute Gasteiger partial charge is 0.381 e. The normalized spacial score (nSPS) is 16.2. The molecular weight excluding hydrogens is 312 g/mol. The summed E-state index contributed by atoms with van der Waals surface area (Å²) in [7, 11) is 0. The molecule has 4 nitrogen and oxygen atoms in total. The molecule has 2 amide bonds. The van der Waals surface area contributed by atoms with Gasteiger partial charge in [0.05, 0.1) is 0 Å². The molecule has 0 radical (unpaired) electrons. The number of rotatable bonds is 6. The maximum Gasteiger partial charge on any atom is 0.315 e. The van der Waals surface area contributed by atoms with E-state index in [2.05, 4.69) is 59.2 Å². The van der Waals surface area contributed by atoms with Crippen molar-refractivity contribution in [1.82, 2.24) is 10.6 Å². The van der Waals surface area contributed by atoms with Crippen molar-refractivity contribution >= 4 is 6.03 Å². The molecule has 132 valence electrons. The lowest BCUT2D eigenvalue weighted by Crippen LogP contribution is -2.45. The van der Waals surface area contributed by atoms with Crippen LogP contribution in [-0.2, 0) is 11.2 Å². The third kappa shape index (κ3) is 5.61. The molecule has 1 unspecified atom stereocenters. The van der Waals surface area contributed by atoms with Crippen LogP contribution in [0.25, 0.3) is 0 Å². The minimum absolute atomic E-state index is 0.0825. The van der Waals surface area contributed by atoms with Gasteiger partial charge in [-0.15, -0.1) is 0 Å². The van der Waals surface area contributed by atoms with Crippen LogP contribution in [0.4, 0.5) is 4.79 Å². The third-order valence-electron chi connectivity index (χ3n) is 4.66. The van der Waals surface area contributed by atoms with Crippen LogP contribution in [0.5, 0.6) is 0 Å². The number of hydrogen-bond acceptors (Lipinski definition) is 2. The van der Waals surface area contributed by atoms with Crippen molar-refractivity contribution in [3.05, 3.63) is 71.8 Å². The highest BCUT2D eigenvalue weighted by Crippen LogP contribution is 2.20. The third-order valence-corrected chi connectivity index (χ3v) is 4.66. The average molecular weight is 338 g/mol. The molecule has 0 spiro atoms. The van der Waals surface area contributed by atoms with E-state index < -0.39 is 0 Å². The highest BCUT2D eigenvalue weighted by atomic mass is 16.5. The highest BCUT2D eigenvalue weighted by molar-refractivity contribution is 5.74. The van der Waals surface area contributed by atoms with Gasteiger partial charge in [-0.2, -0.15) is 0 Å². The molecule has 25 heavy (non-hydrogen) atoms. The summed E-state index contributed by atoms with van der Waals surface area (Å²) >= 11 is 0. The Morgan fingerprint density at radius 2 is 1.64 bits per heavy atom. The lowest BCUT2D eigenvalue weighted by atomic mass is 9.92. The van der Waals surface area contributed by atoms with Gasteiger partial charge in [0.2, 0.25) is 0 Å². The Morgan fingerprint density at radius 3 is 2.32 bits per heavy atom. The smallest absolute Gasteiger partial charge is 0.315 e. The second-order valence-corrected chi connectivity index (χ2v) is 6.54. The number of benzene rings is 2. The molecule has 0 bridgehead atoms. The van der Waals surface area contributed by atoms with Gasteiger partial charge in [-0.05, 0) is 30.4 Å². The van der Waals surface area contributed by atoms with Crippen LogP contribution in [0.15, 0.2) is 60.7 Å². The maximum absolute atomic E-state index is 12.2. The Labute approximate surface area is 149 Å². The fourth-order valence-corrected chi connectivity index (χ4v) is 3.23. The predicted molar refractivity (Wildman–Crippen MR) is 99.7 cm³/mol. The topological polar surface area (TPSA) is 50.4 Å². The van der Waals surface area contributed by atoms with E-state index in [1.54, 1.807) is 0 Å². The van der Waals surface area contributed by atoms with E-state index in [1.807, 2.05) is 12.1 Å². The number of ether oxygens (including phenoxy) is 1. The molecule has 2 N–H and O–H groups in total. The number of urea groups is 1. The molecule has 1 atom stereocenters. The Hall–Kier alpha value is -2.33. The van der Waals surface area contributed by atoms with Crippen molar-refractivity contribution in [2.45, 2.75) is 31.2 Å². The molecule has 0 aliphatic carbocycles. The molecule has 4 heteroatoms. The van der Waals surface area contributed by atoms with Gasteiger partial charge in [-0.1, -0.05) is 60.7 Å². The van der Waals surface area contributed by atoms with Gasteiger partial charge in [0.15, 0.2) is 0 Å². The minimum Gasteiger partial charge on any atom is -0.381 e. The molecule has 0 aromatic heterocycles. The Balaban J connectivity index is 1.58. The Kier molecular flexibility index (Phi) is 6.46. The van der Waals surface area contributed by atoms with E-state index in [9.17, 15) is 4.79 Å². The summed E-state index contributed by atoms with van der Waals surface area (Å²) in [6, 6.07) is 20.9. The molecule has 3 rings (SSSR count). The summed E-state index contributed by atoms with van der Waals surface area (Å²) in [5.41, 5.74) is 2.53. The van der Waals surface area contributed by atoms with Crippen LogP contribution in [0.3, 0.4) is 0 Å². The lowest BCUT2D eigenvalue weighted by molar-refractivity contribution is 0.0801. The molecule has 1 saturated heterocycles. The summed E-state index contributed by atoms with van der Waals surface area (Å²) in [5.74, 6) is 0.254. The molecule has 1 aliphatic heterocycles. The Bertz CT molecular complexity index is 639. The van der Waals surface area contributed by atoms with Gasteiger partial charge in [0, 0.05) is 31.7 Å². The van der Waals surface area contributed by atoms with Gasteiger partial charge in [0.1, 0.15) is 0 Å². The van der Waals surface area contributed by atoms with Crippen molar-refractivity contribution in [2.24, 2.45) is 0 Å². The van der Waals surface area contributed by atoms with E-state index in [0.29, 0.717) is 6.54 Å². The first kappa shape index (κ1) is 17.5. The number of amides is 2. The molecule has 0 saturated carbocycles. The summed E-state index contributed by atoms with van der Waals surface area (Å²) in [5, 5.41) is 6.12. The summed E-state index contributed by atoms with van der Waals surface area (Å²) in [4.78, 5) is 12.2. The zero-order chi connectivity index (χ0) is 17.3. The summed E-state index contributed by atoms with van der Waals surface area (Å²) in [6.45, 7) is 2.07. The second kappa shape index (κ2) is 9.23. The van der Waals surface area contributed by atoms with Crippen LogP contribution in [0.2, 0.25) is 0 Å². The second-order valence-electron chi connectivity index (χ2n) is 6.54. The fourth-order valence-electron chi connectivity index (χ4n) is 3.23. The van der Waals surface area contributed by atoms with E-state index >= 15 is 0 Å². The monoisotopic (exact) mass is 338 g/mol. The van der Waals surface area contributed by atoms with Gasteiger partial charge >= 0.3 is 6.03 Å². The van der Waals surface area contributed by atoms with Crippen molar-refractivity contribution in [3.63, 3.8) is 0 Å². The number of carbonyl (C=O) groups excluding carboxylic acids is 1. The van der Waals surface area contributed by atoms with E-state index in [4.69, 9.17) is 4.74 Å². The number of nitrogens with one attached hydrogen (secondary N) is 2. The van der Waals surface area contributed by atoms with E-state index in [0.717, 1.165) is 32.5 Å². The standard InChI is InChI=1S/C21H26N2O2/c24-21(23-20-11-13-25-14-12-20)22-16-19(18-9-5-2-6-10-18)15-17-7-3-1-4-8-17/h1-10,19-20H,11-16H2,(H2,22,23,24). The average Bonchev–Trinajstić information content (AvgIpc) is 2.67. The van der Waals surface area contributed by atoms with Crippen LogP contribution in [-0.4, -0.2) is 31.8 Å². The predicted octanol–water partition coefficient (Wildman–Crippen LogP) is 3.49. The number of hydrogen-bond donors (Lipinski definition) is 2. The van der Waals surface area contributed by atoms with E-state index in [-0.39, 0.29) is 18.0 Å². The van der Waals surface area contributed by atoms with Crippen LogP contribution < -0.4 is 10.6 Å². The first-order valence-corrected chi connectivity index (χ1v) is 9.02. The van der Waals surface area contributed by atoms with Crippen LogP contribution in [0, 0.1) is 0 Å². The maximum atomic E-state index is 12.2. The SMILES string of the molecule is O=C(NCC(Cc1ccccc1)c1ccccc1)NC1CCOCC1. The molecule has 2 aromatic rings. The first-order valence-electron chi connectivity index (χ1n) is 9.02. The molecule has 1 fully saturated rings. The lowest BCUT2D eigenvalue weighted by Gasteiger charge is -2.24. The van der Waals surface area contributed by atoms with Crippen LogP contribution in [0.1, 0.15) is 29.9 Å². The first-order chi connectivity index (χ1) is 12.3. The fraction of sp³-hybridized carbons (Fsp3) is 0.381. The quantitative estimate of drug-likeness (QED) is 0.847. The van der Waals surface area contributed by atoms with Gasteiger partial charge < -0.3 is 15.4 Å². The van der Waals surface area contributed by atoms with Gasteiger partial charge in [-0.25, -0.2) is 4.79 Å². The summed E-state index contributed by atoms with van der Waals surface area (Å²) < 4.78 is 5.33. The highest BCUT2D eigenvalue weighted by Gasteiger charge is 2.18. The molecule has 2 aromatic carbocycles. The van der Waals surface area contributed by atoms with Gasteiger partial charge in [-0.3, -0.25) is 0 Å². The number of carbonyl (C=O) groups is 1. The van der Waals surface area contributed by atoms with Gasteiger partial charge in [0.25, 0.3) is 0 Å². The van der Waals surface area contributed by atoms with Crippen LogP contribution >= 0.6 is 0 Å². The zero-order valence-electron chi connectivity index (χ0n) is 14.5.